The van der Waals surface area contributed by atoms with Crippen LogP contribution >= 0.6 is 0 Å². The molecule has 1 fully saturated rings. The van der Waals surface area contributed by atoms with Crippen molar-refractivity contribution in [3.8, 4) is 0 Å². The van der Waals surface area contributed by atoms with Gasteiger partial charge in [-0.15, -0.1) is 0 Å². The average Bonchev–Trinajstić information content (AvgIpc) is 2.43. The van der Waals surface area contributed by atoms with E-state index in [-0.39, 0.29) is 18.4 Å². The summed E-state index contributed by atoms with van der Waals surface area (Å²) >= 11 is 0. The Balaban J connectivity index is 2.15. The molecule has 0 aromatic rings. The Morgan fingerprint density at radius 1 is 1.33 bits per heavy atom. The van der Waals surface area contributed by atoms with Gasteiger partial charge in [0, 0.05) is 32.1 Å². The minimum Gasteiger partial charge on any atom is -0.481 e. The summed E-state index contributed by atoms with van der Waals surface area (Å²) in [7, 11) is 2.08. The fraction of sp³-hybridized carbons (Fsp3) is 0.867. The summed E-state index contributed by atoms with van der Waals surface area (Å²) in [6.45, 7) is 7.29. The van der Waals surface area contributed by atoms with Gasteiger partial charge in [-0.2, -0.15) is 0 Å². The first-order valence-corrected chi connectivity index (χ1v) is 7.85. The van der Waals surface area contributed by atoms with Gasteiger partial charge in [0.25, 0.3) is 0 Å². The summed E-state index contributed by atoms with van der Waals surface area (Å²) in [4.78, 5) is 26.7. The van der Waals surface area contributed by atoms with Crippen LogP contribution in [-0.4, -0.2) is 66.2 Å². The van der Waals surface area contributed by atoms with Crippen LogP contribution in [0.2, 0.25) is 0 Å². The van der Waals surface area contributed by atoms with Crippen LogP contribution in [0, 0.1) is 5.92 Å². The van der Waals surface area contributed by atoms with Gasteiger partial charge in [-0.3, -0.25) is 4.79 Å². The second-order valence-corrected chi connectivity index (χ2v) is 6.19. The zero-order valence-corrected chi connectivity index (χ0v) is 13.5. The maximum Gasteiger partial charge on any atom is 0.317 e. The van der Waals surface area contributed by atoms with Gasteiger partial charge >= 0.3 is 12.0 Å². The number of likely N-dealkylation sites (tertiary alicyclic amines) is 1. The van der Waals surface area contributed by atoms with Crippen LogP contribution in [-0.2, 0) is 4.79 Å². The monoisotopic (exact) mass is 299 g/mol. The molecule has 2 amide bonds. The number of hydrogen-bond acceptors (Lipinski definition) is 3. The topological polar surface area (TPSA) is 72.9 Å². The Morgan fingerprint density at radius 3 is 2.48 bits per heavy atom. The first-order valence-electron chi connectivity index (χ1n) is 7.85. The van der Waals surface area contributed by atoms with E-state index < -0.39 is 5.97 Å². The normalized spacial score (nSPS) is 16.5. The van der Waals surface area contributed by atoms with E-state index in [0.717, 1.165) is 25.8 Å². The number of carbonyl (C=O) groups excluding carboxylic acids is 1. The van der Waals surface area contributed by atoms with Crippen LogP contribution in [0.15, 0.2) is 0 Å². The molecular weight excluding hydrogens is 270 g/mol. The lowest BCUT2D eigenvalue weighted by atomic mass is 9.94. The number of urea groups is 1. The van der Waals surface area contributed by atoms with E-state index in [9.17, 15) is 9.59 Å². The van der Waals surface area contributed by atoms with Crippen LogP contribution in [0.3, 0.4) is 0 Å². The third-order valence-corrected chi connectivity index (χ3v) is 4.21. The highest BCUT2D eigenvalue weighted by molar-refractivity contribution is 5.74. The third kappa shape index (κ3) is 6.80. The largest absolute Gasteiger partial charge is 0.481 e. The number of aliphatic carboxylic acids is 1. The quantitative estimate of drug-likeness (QED) is 0.701. The maximum atomic E-state index is 12.0. The van der Waals surface area contributed by atoms with E-state index in [4.69, 9.17) is 5.11 Å². The van der Waals surface area contributed by atoms with E-state index >= 15 is 0 Å². The highest BCUT2D eigenvalue weighted by atomic mass is 16.4. The molecule has 1 saturated heterocycles. The van der Waals surface area contributed by atoms with Crippen LogP contribution in [0.4, 0.5) is 4.79 Å². The first kappa shape index (κ1) is 17.8. The molecule has 0 radical (unpaired) electrons. The van der Waals surface area contributed by atoms with Crippen LogP contribution in [0.1, 0.15) is 39.5 Å². The molecule has 0 aromatic carbocycles. The second kappa shape index (κ2) is 8.87. The molecule has 0 spiro atoms. The van der Waals surface area contributed by atoms with Crippen molar-refractivity contribution < 1.29 is 14.7 Å². The van der Waals surface area contributed by atoms with Gasteiger partial charge in [0.1, 0.15) is 0 Å². The highest BCUT2D eigenvalue weighted by Crippen LogP contribution is 2.20. The number of carboxylic acid groups (broad SMARTS) is 1. The number of piperidine rings is 1. The molecule has 0 aliphatic carbocycles. The SMILES string of the molecule is CC(C)N(C)CCCNC(=O)N1CCC(CC(=O)O)CC1. The summed E-state index contributed by atoms with van der Waals surface area (Å²) in [6, 6.07) is 0.505. The maximum absolute atomic E-state index is 12.0. The molecule has 1 aliphatic heterocycles. The molecule has 1 aliphatic rings. The molecular formula is C15H29N3O3. The molecule has 21 heavy (non-hydrogen) atoms. The summed E-state index contributed by atoms with van der Waals surface area (Å²) in [5.41, 5.74) is 0. The van der Waals surface area contributed by atoms with Crippen molar-refractivity contribution in [1.29, 1.82) is 0 Å². The van der Waals surface area contributed by atoms with Gasteiger partial charge in [-0.05, 0) is 52.6 Å². The third-order valence-electron chi connectivity index (χ3n) is 4.21. The fourth-order valence-electron chi connectivity index (χ4n) is 2.48. The lowest BCUT2D eigenvalue weighted by molar-refractivity contribution is -0.138. The molecule has 2 N–H and O–H groups in total. The molecule has 0 bridgehead atoms. The van der Waals surface area contributed by atoms with Crippen molar-refractivity contribution >= 4 is 12.0 Å². The molecule has 6 nitrogen and oxygen atoms in total. The van der Waals surface area contributed by atoms with Gasteiger partial charge in [0.2, 0.25) is 0 Å². The van der Waals surface area contributed by atoms with Crippen molar-refractivity contribution in [1.82, 2.24) is 15.1 Å². The minimum atomic E-state index is -0.743. The Morgan fingerprint density at radius 2 is 1.95 bits per heavy atom. The fourth-order valence-corrected chi connectivity index (χ4v) is 2.48. The van der Waals surface area contributed by atoms with Crippen molar-refractivity contribution in [3.05, 3.63) is 0 Å². The van der Waals surface area contributed by atoms with Crippen molar-refractivity contribution in [2.24, 2.45) is 5.92 Å². The van der Waals surface area contributed by atoms with Crippen LogP contribution in [0.25, 0.3) is 0 Å². The van der Waals surface area contributed by atoms with Gasteiger partial charge in [-0.1, -0.05) is 0 Å². The van der Waals surface area contributed by atoms with Crippen molar-refractivity contribution in [2.75, 3.05) is 33.2 Å². The van der Waals surface area contributed by atoms with E-state index in [1.54, 1.807) is 4.90 Å². The standard InChI is InChI=1S/C15H29N3O3/c1-12(2)17(3)8-4-7-16-15(21)18-9-5-13(6-10-18)11-14(19)20/h12-13H,4-11H2,1-3H3,(H,16,21)(H,19,20). The van der Waals surface area contributed by atoms with E-state index in [0.29, 0.717) is 25.7 Å². The van der Waals surface area contributed by atoms with E-state index in [2.05, 4.69) is 31.1 Å². The Kier molecular flexibility index (Phi) is 7.50. The summed E-state index contributed by atoms with van der Waals surface area (Å²) in [5, 5.41) is 11.7. The zero-order chi connectivity index (χ0) is 15.8. The molecule has 0 unspecified atom stereocenters. The van der Waals surface area contributed by atoms with Crippen LogP contribution < -0.4 is 5.32 Å². The molecule has 0 aromatic heterocycles. The molecule has 122 valence electrons. The molecule has 1 rings (SSSR count). The highest BCUT2D eigenvalue weighted by Gasteiger charge is 2.23. The Hall–Kier alpha value is -1.30. The number of amides is 2. The van der Waals surface area contributed by atoms with Crippen LogP contribution in [0.5, 0.6) is 0 Å². The Bertz CT molecular complexity index is 339. The average molecular weight is 299 g/mol. The predicted molar refractivity (Wildman–Crippen MR) is 82.3 cm³/mol. The Labute approximate surface area is 127 Å². The minimum absolute atomic E-state index is 0.0176. The number of carbonyl (C=O) groups is 2. The number of carboxylic acids is 1. The molecule has 1 heterocycles. The van der Waals surface area contributed by atoms with Gasteiger partial charge in [0.15, 0.2) is 0 Å². The number of rotatable bonds is 7. The van der Waals surface area contributed by atoms with Gasteiger partial charge in [-0.25, -0.2) is 4.79 Å². The number of nitrogens with zero attached hydrogens (tertiary/aromatic N) is 2. The number of nitrogens with one attached hydrogen (secondary N) is 1. The predicted octanol–water partition coefficient (Wildman–Crippen LogP) is 1.61. The van der Waals surface area contributed by atoms with Gasteiger partial charge in [0.05, 0.1) is 0 Å². The zero-order valence-electron chi connectivity index (χ0n) is 13.5. The van der Waals surface area contributed by atoms with Gasteiger partial charge < -0.3 is 20.2 Å². The number of hydrogen-bond donors (Lipinski definition) is 2. The summed E-state index contributed by atoms with van der Waals surface area (Å²) in [6.07, 6.45) is 2.73. The summed E-state index contributed by atoms with van der Waals surface area (Å²) < 4.78 is 0. The second-order valence-electron chi connectivity index (χ2n) is 6.19. The van der Waals surface area contributed by atoms with E-state index in [1.807, 2.05) is 0 Å². The lowest BCUT2D eigenvalue weighted by Gasteiger charge is -2.31. The smallest absolute Gasteiger partial charge is 0.317 e. The lowest BCUT2D eigenvalue weighted by Crippen LogP contribution is -2.45. The van der Waals surface area contributed by atoms with E-state index in [1.165, 1.54) is 0 Å². The molecule has 6 heteroatoms. The van der Waals surface area contributed by atoms with Crippen molar-refractivity contribution in [2.45, 2.75) is 45.6 Å². The molecule has 0 atom stereocenters. The first-order chi connectivity index (χ1) is 9.90. The molecule has 0 saturated carbocycles. The summed E-state index contributed by atoms with van der Waals surface area (Å²) in [5.74, 6) is -0.529. The van der Waals surface area contributed by atoms with Crippen molar-refractivity contribution in [3.63, 3.8) is 0 Å².